The predicted molar refractivity (Wildman–Crippen MR) is 133 cm³/mol. The maximum Gasteiger partial charge on any atom is 0.221 e. The van der Waals surface area contributed by atoms with E-state index in [1.165, 1.54) is 5.56 Å². The van der Waals surface area contributed by atoms with Crippen molar-refractivity contribution in [3.8, 4) is 0 Å². The van der Waals surface area contributed by atoms with Crippen molar-refractivity contribution in [3.63, 3.8) is 0 Å². The van der Waals surface area contributed by atoms with E-state index in [0.717, 1.165) is 27.6 Å². The lowest BCUT2D eigenvalue weighted by atomic mass is 9.83. The highest BCUT2D eigenvalue weighted by Crippen LogP contribution is 2.35. The zero-order chi connectivity index (χ0) is 22.7. The van der Waals surface area contributed by atoms with Crippen LogP contribution in [0.2, 0.25) is 5.02 Å². The number of nitrogens with one attached hydrogen (secondary N) is 2. The lowest BCUT2D eigenvalue weighted by molar-refractivity contribution is -0.121. The summed E-state index contributed by atoms with van der Waals surface area (Å²) in [6, 6.07) is 24.5. The summed E-state index contributed by atoms with van der Waals surface area (Å²) < 4.78 is 0. The Balaban J connectivity index is 1.64. The third-order valence-electron chi connectivity index (χ3n) is 5.95. The summed E-state index contributed by atoms with van der Waals surface area (Å²) in [4.78, 5) is 16.3. The van der Waals surface area contributed by atoms with Gasteiger partial charge in [0.1, 0.15) is 0 Å². The Hall–Kier alpha value is -3.04. The molecule has 4 rings (SSSR count). The number of fused-ring (bicyclic) bond motifs is 1. The second-order valence-electron chi connectivity index (χ2n) is 9.32. The Morgan fingerprint density at radius 1 is 1.00 bits per heavy atom. The smallest absolute Gasteiger partial charge is 0.221 e. The first kappa shape index (κ1) is 22.2. The van der Waals surface area contributed by atoms with Crippen molar-refractivity contribution >= 4 is 28.4 Å². The zero-order valence-corrected chi connectivity index (χ0v) is 19.5. The molecule has 0 saturated heterocycles. The summed E-state index contributed by atoms with van der Waals surface area (Å²) in [5.41, 5.74) is 5.66. The Kier molecular flexibility index (Phi) is 6.38. The molecule has 2 N–H and O–H groups in total. The van der Waals surface area contributed by atoms with Gasteiger partial charge in [-0.2, -0.15) is 0 Å². The molecule has 4 heteroatoms. The monoisotopic (exact) mass is 444 g/mol. The first-order valence-corrected chi connectivity index (χ1v) is 11.4. The zero-order valence-electron chi connectivity index (χ0n) is 18.8. The summed E-state index contributed by atoms with van der Waals surface area (Å²) in [6.45, 7) is 7.14. The van der Waals surface area contributed by atoms with E-state index < -0.39 is 0 Å². The number of aromatic nitrogens is 1. The van der Waals surface area contributed by atoms with Crippen LogP contribution in [0.25, 0.3) is 10.9 Å². The van der Waals surface area contributed by atoms with Crippen molar-refractivity contribution in [2.24, 2.45) is 0 Å². The molecule has 1 aromatic heterocycles. The number of carbonyl (C=O) groups excluding carboxylic acids is 1. The molecule has 1 amide bonds. The number of amides is 1. The number of benzene rings is 3. The second kappa shape index (κ2) is 9.22. The molecule has 0 aliphatic rings. The molecule has 0 spiro atoms. The van der Waals surface area contributed by atoms with E-state index in [1.807, 2.05) is 54.7 Å². The van der Waals surface area contributed by atoms with Gasteiger partial charge in [0.15, 0.2) is 0 Å². The van der Waals surface area contributed by atoms with Crippen LogP contribution in [0.3, 0.4) is 0 Å². The van der Waals surface area contributed by atoms with E-state index in [0.29, 0.717) is 18.0 Å². The van der Waals surface area contributed by atoms with Crippen molar-refractivity contribution in [2.75, 3.05) is 0 Å². The van der Waals surface area contributed by atoms with Crippen LogP contribution in [0.4, 0.5) is 0 Å². The Morgan fingerprint density at radius 3 is 2.41 bits per heavy atom. The SMILES string of the molecule is CC(C)(C)c1ccc(C(CC(=O)NCc2ccccc2)c2c[nH]c3ccc(Cl)cc23)cc1. The minimum atomic E-state index is -0.0768. The third kappa shape index (κ3) is 5.05. The summed E-state index contributed by atoms with van der Waals surface area (Å²) in [5, 5.41) is 4.82. The Morgan fingerprint density at radius 2 is 1.72 bits per heavy atom. The van der Waals surface area contributed by atoms with Crippen LogP contribution in [-0.2, 0) is 16.8 Å². The van der Waals surface area contributed by atoms with Gasteiger partial charge < -0.3 is 10.3 Å². The van der Waals surface area contributed by atoms with Crippen molar-refractivity contribution in [1.29, 1.82) is 0 Å². The number of hydrogen-bond acceptors (Lipinski definition) is 1. The molecule has 0 bridgehead atoms. The van der Waals surface area contributed by atoms with Gasteiger partial charge in [-0.05, 0) is 45.9 Å². The molecule has 0 saturated carbocycles. The molecule has 0 fully saturated rings. The topological polar surface area (TPSA) is 44.9 Å². The normalized spacial score (nSPS) is 12.6. The highest BCUT2D eigenvalue weighted by Gasteiger charge is 2.23. The maximum absolute atomic E-state index is 13.0. The summed E-state index contributed by atoms with van der Waals surface area (Å²) >= 11 is 6.30. The van der Waals surface area contributed by atoms with E-state index in [4.69, 9.17) is 11.6 Å². The maximum atomic E-state index is 13.0. The van der Waals surface area contributed by atoms with Crippen LogP contribution in [0.5, 0.6) is 0 Å². The number of hydrogen-bond donors (Lipinski definition) is 2. The quantitative estimate of drug-likeness (QED) is 0.331. The highest BCUT2D eigenvalue weighted by molar-refractivity contribution is 6.31. The number of H-pyrrole nitrogens is 1. The van der Waals surface area contributed by atoms with Gasteiger partial charge in [-0.25, -0.2) is 0 Å². The number of rotatable bonds is 6. The fourth-order valence-corrected chi connectivity index (χ4v) is 4.25. The van der Waals surface area contributed by atoms with Gasteiger partial charge in [-0.1, -0.05) is 87.0 Å². The Labute approximate surface area is 194 Å². The van der Waals surface area contributed by atoms with Gasteiger partial charge >= 0.3 is 0 Å². The highest BCUT2D eigenvalue weighted by atomic mass is 35.5. The third-order valence-corrected chi connectivity index (χ3v) is 6.19. The molecular formula is C28H29ClN2O. The molecule has 164 valence electrons. The molecule has 3 aromatic carbocycles. The van der Waals surface area contributed by atoms with Gasteiger partial charge in [-0.3, -0.25) is 4.79 Å². The van der Waals surface area contributed by atoms with Gasteiger partial charge in [-0.15, -0.1) is 0 Å². The number of halogens is 1. The molecule has 0 aliphatic carbocycles. The van der Waals surface area contributed by atoms with E-state index in [1.54, 1.807) is 0 Å². The van der Waals surface area contributed by atoms with E-state index >= 15 is 0 Å². The van der Waals surface area contributed by atoms with E-state index in [2.05, 4.69) is 55.3 Å². The molecule has 3 nitrogen and oxygen atoms in total. The second-order valence-corrected chi connectivity index (χ2v) is 9.76. The van der Waals surface area contributed by atoms with Gasteiger partial charge in [0.25, 0.3) is 0 Å². The van der Waals surface area contributed by atoms with Gasteiger partial charge in [0, 0.05) is 41.0 Å². The number of carbonyl (C=O) groups is 1. The first-order valence-electron chi connectivity index (χ1n) is 11.0. The molecule has 1 heterocycles. The predicted octanol–water partition coefficient (Wildman–Crippen LogP) is 6.96. The average Bonchev–Trinajstić information content (AvgIpc) is 3.19. The van der Waals surface area contributed by atoms with Crippen LogP contribution in [-0.4, -0.2) is 10.9 Å². The summed E-state index contributed by atoms with van der Waals surface area (Å²) in [5.74, 6) is -0.0536. The molecular weight excluding hydrogens is 416 g/mol. The van der Waals surface area contributed by atoms with Crippen LogP contribution < -0.4 is 5.32 Å². The molecule has 1 unspecified atom stereocenters. The van der Waals surface area contributed by atoms with Crippen LogP contribution in [0, 0.1) is 0 Å². The van der Waals surface area contributed by atoms with Crippen LogP contribution in [0.1, 0.15) is 55.4 Å². The lowest BCUT2D eigenvalue weighted by Gasteiger charge is -2.22. The average molecular weight is 445 g/mol. The van der Waals surface area contributed by atoms with E-state index in [-0.39, 0.29) is 17.2 Å². The standard InChI is InChI=1S/C28H29ClN2O/c1-28(2,3)21-11-9-20(10-12-21)23(16-27(32)31-17-19-7-5-4-6-8-19)25-18-30-26-14-13-22(29)15-24(25)26/h4-15,18,23,30H,16-17H2,1-3H3,(H,31,32). The molecule has 0 aliphatic heterocycles. The van der Waals surface area contributed by atoms with Gasteiger partial charge in [0.2, 0.25) is 5.91 Å². The lowest BCUT2D eigenvalue weighted by Crippen LogP contribution is -2.25. The molecule has 4 aromatic rings. The fourth-order valence-electron chi connectivity index (χ4n) is 4.08. The fraction of sp³-hybridized carbons (Fsp3) is 0.250. The molecule has 0 radical (unpaired) electrons. The summed E-state index contributed by atoms with van der Waals surface area (Å²) in [7, 11) is 0. The molecule has 1 atom stereocenters. The Bertz CT molecular complexity index is 1200. The van der Waals surface area contributed by atoms with Crippen LogP contribution in [0.15, 0.2) is 79.0 Å². The largest absolute Gasteiger partial charge is 0.361 e. The van der Waals surface area contributed by atoms with Crippen molar-refractivity contribution < 1.29 is 4.79 Å². The van der Waals surface area contributed by atoms with Crippen molar-refractivity contribution in [3.05, 3.63) is 106 Å². The minimum absolute atomic E-state index is 0.0233. The molecule has 32 heavy (non-hydrogen) atoms. The number of aromatic amines is 1. The first-order chi connectivity index (χ1) is 15.3. The van der Waals surface area contributed by atoms with E-state index in [9.17, 15) is 4.79 Å². The van der Waals surface area contributed by atoms with Gasteiger partial charge in [0.05, 0.1) is 0 Å². The summed E-state index contributed by atoms with van der Waals surface area (Å²) in [6.07, 6.45) is 2.37. The van der Waals surface area contributed by atoms with Crippen LogP contribution >= 0.6 is 11.6 Å². The minimum Gasteiger partial charge on any atom is -0.361 e. The van der Waals surface area contributed by atoms with Crippen molar-refractivity contribution in [2.45, 2.75) is 45.1 Å². The van der Waals surface area contributed by atoms with Crippen molar-refractivity contribution in [1.82, 2.24) is 10.3 Å².